The molecule has 2 aliphatic heterocycles. The molecular formula is C39H39N7O4. The molecule has 2 aliphatic rings. The second-order valence-corrected chi connectivity index (χ2v) is 12.6. The van der Waals surface area contributed by atoms with Gasteiger partial charge in [0.25, 0.3) is 0 Å². The molecule has 2 fully saturated rings. The lowest BCUT2D eigenvalue weighted by Gasteiger charge is -2.55. The SMILES string of the molecule is C=CCN1CC(=O)N2[C@@H](Cc3ccc(O)cc3)C(=O)N(Cc3nn(Cc4ccccc4)c4ccccc34)C[C@@H]2N1C(=O)NCc1ccccc1. The molecule has 2 saturated heterocycles. The molecule has 11 nitrogen and oxygen atoms in total. The maximum atomic E-state index is 14.5. The zero-order chi connectivity index (χ0) is 34.6. The molecule has 2 N–H and O–H groups in total. The first-order valence-electron chi connectivity index (χ1n) is 16.7. The fourth-order valence-electron chi connectivity index (χ4n) is 6.92. The minimum Gasteiger partial charge on any atom is -0.508 e. The molecule has 4 amide bonds. The van der Waals surface area contributed by atoms with E-state index in [1.165, 1.54) is 0 Å². The van der Waals surface area contributed by atoms with Crippen molar-refractivity contribution in [3.05, 3.63) is 144 Å². The van der Waals surface area contributed by atoms with Gasteiger partial charge in [-0.15, -0.1) is 6.58 Å². The van der Waals surface area contributed by atoms with Gasteiger partial charge in [0.1, 0.15) is 18.0 Å². The van der Waals surface area contributed by atoms with Crippen molar-refractivity contribution in [2.45, 2.75) is 38.3 Å². The summed E-state index contributed by atoms with van der Waals surface area (Å²) in [5.41, 5.74) is 4.49. The summed E-state index contributed by atoms with van der Waals surface area (Å²) in [5.74, 6) is -0.374. The van der Waals surface area contributed by atoms with Gasteiger partial charge < -0.3 is 20.2 Å². The molecule has 4 aromatic carbocycles. The van der Waals surface area contributed by atoms with Crippen LogP contribution in [0.15, 0.2) is 122 Å². The molecular weight excluding hydrogens is 630 g/mol. The summed E-state index contributed by atoms with van der Waals surface area (Å²) in [5, 5.41) is 22.2. The summed E-state index contributed by atoms with van der Waals surface area (Å²) in [6.07, 6.45) is 1.08. The van der Waals surface area contributed by atoms with Crippen LogP contribution in [0.2, 0.25) is 0 Å². The number of hydrogen-bond donors (Lipinski definition) is 2. The minimum absolute atomic E-state index is 0.0862. The van der Waals surface area contributed by atoms with Gasteiger partial charge in [0, 0.05) is 24.9 Å². The van der Waals surface area contributed by atoms with E-state index < -0.39 is 12.2 Å². The van der Waals surface area contributed by atoms with Crippen LogP contribution in [0.3, 0.4) is 0 Å². The van der Waals surface area contributed by atoms with Gasteiger partial charge in [0.2, 0.25) is 11.8 Å². The first-order valence-corrected chi connectivity index (χ1v) is 16.7. The number of rotatable bonds is 10. The van der Waals surface area contributed by atoms with Gasteiger partial charge in [-0.1, -0.05) is 97.1 Å². The van der Waals surface area contributed by atoms with Gasteiger partial charge in [-0.25, -0.2) is 14.8 Å². The number of hydrazine groups is 1. The standard InChI is InChI=1S/C39H39N7O4/c1-2-21-43-27-37(48)45-35(22-28-17-19-31(47)20-18-28)38(49)42(26-36(45)46(43)39(50)40-23-29-11-5-3-6-12-29)25-33-32-15-9-10-16-34(32)44(41-33)24-30-13-7-4-8-14-30/h2-20,35-36,47H,1,21-27H2,(H,40,50)/t35-,36-/m0/s1. The first-order chi connectivity index (χ1) is 24.4. The van der Waals surface area contributed by atoms with Gasteiger partial charge in [-0.05, 0) is 34.9 Å². The molecule has 0 unspecified atom stereocenters. The third-order valence-electron chi connectivity index (χ3n) is 9.28. The van der Waals surface area contributed by atoms with Crippen LogP contribution in [0.5, 0.6) is 5.75 Å². The number of aromatic nitrogens is 2. The molecule has 50 heavy (non-hydrogen) atoms. The Hall–Kier alpha value is -5.94. The quantitative estimate of drug-likeness (QED) is 0.212. The normalized spacial score (nSPS) is 18.0. The third kappa shape index (κ3) is 6.68. The van der Waals surface area contributed by atoms with Crippen LogP contribution in [0.4, 0.5) is 4.79 Å². The number of aromatic hydroxyl groups is 1. The number of nitrogens with zero attached hydrogens (tertiary/aromatic N) is 6. The molecule has 2 atom stereocenters. The van der Waals surface area contributed by atoms with Gasteiger partial charge in [0.05, 0.1) is 37.4 Å². The van der Waals surface area contributed by atoms with E-state index in [4.69, 9.17) is 5.10 Å². The Morgan fingerprint density at radius 1 is 0.860 bits per heavy atom. The van der Waals surface area contributed by atoms with Crippen molar-refractivity contribution in [1.29, 1.82) is 0 Å². The molecule has 5 aromatic rings. The van der Waals surface area contributed by atoms with Gasteiger partial charge in [-0.2, -0.15) is 5.10 Å². The first kappa shape index (κ1) is 32.6. The fraction of sp³-hybridized carbons (Fsp3) is 0.231. The number of urea groups is 1. The molecule has 0 aliphatic carbocycles. The average molecular weight is 670 g/mol. The lowest BCUT2D eigenvalue weighted by Crippen LogP contribution is -2.76. The number of phenolic OH excluding ortho intramolecular Hbond substituents is 1. The number of hydrogen-bond acceptors (Lipinski definition) is 6. The Morgan fingerprint density at radius 3 is 2.26 bits per heavy atom. The number of benzene rings is 4. The molecule has 7 rings (SSSR count). The molecule has 1 aromatic heterocycles. The second kappa shape index (κ2) is 14.3. The number of amides is 4. The maximum Gasteiger partial charge on any atom is 0.334 e. The van der Waals surface area contributed by atoms with E-state index in [9.17, 15) is 19.5 Å². The lowest BCUT2D eigenvalue weighted by molar-refractivity contribution is -0.189. The van der Waals surface area contributed by atoms with Crippen LogP contribution in [0.25, 0.3) is 10.9 Å². The topological polar surface area (TPSA) is 114 Å². The van der Waals surface area contributed by atoms with Crippen LogP contribution in [0, 0.1) is 0 Å². The highest BCUT2D eigenvalue weighted by atomic mass is 16.3. The zero-order valence-corrected chi connectivity index (χ0v) is 27.6. The predicted octanol–water partition coefficient (Wildman–Crippen LogP) is 4.53. The third-order valence-corrected chi connectivity index (χ3v) is 9.28. The zero-order valence-electron chi connectivity index (χ0n) is 27.6. The number of fused-ring (bicyclic) bond motifs is 2. The number of nitrogens with one attached hydrogen (secondary N) is 1. The maximum absolute atomic E-state index is 14.5. The van der Waals surface area contributed by atoms with Crippen LogP contribution in [0.1, 0.15) is 22.4 Å². The van der Waals surface area contributed by atoms with Crippen molar-refractivity contribution < 1.29 is 19.5 Å². The minimum atomic E-state index is -0.890. The highest BCUT2D eigenvalue weighted by Crippen LogP contribution is 2.31. The van der Waals surface area contributed by atoms with E-state index in [1.54, 1.807) is 50.2 Å². The number of para-hydroxylation sites is 1. The summed E-state index contributed by atoms with van der Waals surface area (Å²) >= 11 is 0. The molecule has 0 spiro atoms. The van der Waals surface area contributed by atoms with Crippen molar-refractivity contribution in [3.63, 3.8) is 0 Å². The molecule has 3 heterocycles. The lowest BCUT2D eigenvalue weighted by atomic mass is 9.98. The van der Waals surface area contributed by atoms with Gasteiger partial charge >= 0.3 is 6.03 Å². The van der Waals surface area contributed by atoms with Crippen molar-refractivity contribution in [3.8, 4) is 5.75 Å². The smallest absolute Gasteiger partial charge is 0.334 e. The molecule has 0 bridgehead atoms. The number of carbonyl (C=O) groups is 3. The predicted molar refractivity (Wildman–Crippen MR) is 189 cm³/mol. The Balaban J connectivity index is 1.25. The van der Waals surface area contributed by atoms with E-state index in [1.807, 2.05) is 77.5 Å². The molecule has 11 heteroatoms. The van der Waals surface area contributed by atoms with Crippen LogP contribution in [-0.4, -0.2) is 84.4 Å². The molecule has 0 radical (unpaired) electrons. The van der Waals surface area contributed by atoms with E-state index in [2.05, 4.69) is 24.0 Å². The number of carbonyl (C=O) groups excluding carboxylic acids is 3. The highest BCUT2D eigenvalue weighted by molar-refractivity contribution is 5.92. The Bertz CT molecular complexity index is 2000. The summed E-state index contributed by atoms with van der Waals surface area (Å²) in [6.45, 7) is 5.18. The van der Waals surface area contributed by atoms with Crippen molar-refractivity contribution in [1.82, 2.24) is 34.9 Å². The second-order valence-electron chi connectivity index (χ2n) is 12.6. The summed E-state index contributed by atoms with van der Waals surface area (Å²) < 4.78 is 1.95. The number of piperazine rings is 1. The average Bonchev–Trinajstić information content (AvgIpc) is 3.47. The monoisotopic (exact) mass is 669 g/mol. The van der Waals surface area contributed by atoms with Crippen LogP contribution < -0.4 is 5.32 Å². The Morgan fingerprint density at radius 2 is 1.54 bits per heavy atom. The van der Waals surface area contributed by atoms with Crippen LogP contribution in [-0.2, 0) is 35.6 Å². The molecule has 254 valence electrons. The highest BCUT2D eigenvalue weighted by Gasteiger charge is 2.51. The van der Waals surface area contributed by atoms with E-state index in [0.717, 1.165) is 33.3 Å². The largest absolute Gasteiger partial charge is 0.508 e. The fourth-order valence-corrected chi connectivity index (χ4v) is 6.92. The van der Waals surface area contributed by atoms with Crippen molar-refractivity contribution >= 4 is 28.7 Å². The van der Waals surface area contributed by atoms with E-state index in [-0.39, 0.29) is 56.2 Å². The van der Waals surface area contributed by atoms with E-state index in [0.29, 0.717) is 13.1 Å². The van der Waals surface area contributed by atoms with Crippen LogP contribution >= 0.6 is 0 Å². The van der Waals surface area contributed by atoms with Crippen molar-refractivity contribution in [2.75, 3.05) is 19.6 Å². The Labute approximate surface area is 290 Å². The summed E-state index contributed by atoms with van der Waals surface area (Å²) in [4.78, 5) is 45.8. The summed E-state index contributed by atoms with van der Waals surface area (Å²) in [6, 6.07) is 33.0. The van der Waals surface area contributed by atoms with E-state index >= 15 is 0 Å². The molecule has 0 saturated carbocycles. The number of phenols is 1. The van der Waals surface area contributed by atoms with Crippen molar-refractivity contribution in [2.24, 2.45) is 0 Å². The Kier molecular flexibility index (Phi) is 9.30. The van der Waals surface area contributed by atoms with Gasteiger partial charge in [-0.3, -0.25) is 14.3 Å². The summed E-state index contributed by atoms with van der Waals surface area (Å²) in [7, 11) is 0. The van der Waals surface area contributed by atoms with Gasteiger partial charge in [0.15, 0.2) is 0 Å².